The molecule has 0 bridgehead atoms. The molecule has 0 unspecified atom stereocenters. The van der Waals surface area contributed by atoms with E-state index in [1.54, 1.807) is 7.05 Å². The topological polar surface area (TPSA) is 29.1 Å². The van der Waals surface area contributed by atoms with E-state index in [1.807, 2.05) is 6.92 Å². The zero-order chi connectivity index (χ0) is 5.70. The van der Waals surface area contributed by atoms with Gasteiger partial charge in [0.25, 0.3) is 0 Å². The van der Waals surface area contributed by atoms with Gasteiger partial charge >= 0.3 is 0 Å². The highest BCUT2D eigenvalue weighted by Gasteiger charge is 1.91. The summed E-state index contributed by atoms with van der Waals surface area (Å²) >= 11 is 1.14. The van der Waals surface area contributed by atoms with E-state index >= 15 is 0 Å². The third kappa shape index (κ3) is 3.82. The zero-order valence-corrected chi connectivity index (χ0v) is 5.34. The van der Waals surface area contributed by atoms with Gasteiger partial charge < -0.3 is 0 Å². The van der Waals surface area contributed by atoms with Crippen LogP contribution in [0.15, 0.2) is 0 Å². The van der Waals surface area contributed by atoms with Crippen molar-refractivity contribution >= 4 is 17.1 Å². The number of rotatable bonds is 2. The maximum Gasteiger partial charge on any atom is 0.203 e. The third-order valence-corrected chi connectivity index (χ3v) is 1.23. The van der Waals surface area contributed by atoms with Crippen LogP contribution in [-0.2, 0) is 4.79 Å². The van der Waals surface area contributed by atoms with Crippen LogP contribution in [0.5, 0.6) is 0 Å². The fourth-order valence-electron chi connectivity index (χ4n) is 0.186. The number of nitrogens with one attached hydrogen (secondary N) is 1. The van der Waals surface area contributed by atoms with Crippen LogP contribution in [0.2, 0.25) is 0 Å². The summed E-state index contributed by atoms with van der Waals surface area (Å²) in [4.78, 5) is 10.3. The van der Waals surface area contributed by atoms with Gasteiger partial charge in [-0.15, -0.1) is 0 Å². The van der Waals surface area contributed by atoms with Gasteiger partial charge in [0.05, 0.1) is 0 Å². The van der Waals surface area contributed by atoms with Crippen molar-refractivity contribution in [3.05, 3.63) is 0 Å². The van der Waals surface area contributed by atoms with Crippen LogP contribution in [0, 0.1) is 0 Å². The van der Waals surface area contributed by atoms with Crippen molar-refractivity contribution in [3.8, 4) is 0 Å². The Morgan fingerprint density at radius 3 is 2.57 bits per heavy atom. The van der Waals surface area contributed by atoms with E-state index in [0.717, 1.165) is 11.9 Å². The molecule has 0 aliphatic heterocycles. The summed E-state index contributed by atoms with van der Waals surface area (Å²) in [6, 6.07) is 0. The Labute approximate surface area is 47.8 Å². The number of carbonyl (C=O) groups is 1. The molecule has 0 aliphatic rings. The molecule has 2 nitrogen and oxygen atoms in total. The summed E-state index contributed by atoms with van der Waals surface area (Å²) < 4.78 is 2.69. The second-order valence-corrected chi connectivity index (χ2v) is 2.10. The van der Waals surface area contributed by atoms with E-state index in [0.29, 0.717) is 6.42 Å². The van der Waals surface area contributed by atoms with Crippen LogP contribution in [-0.4, -0.2) is 12.2 Å². The van der Waals surface area contributed by atoms with Crippen LogP contribution < -0.4 is 4.72 Å². The molecule has 0 saturated carbocycles. The van der Waals surface area contributed by atoms with Gasteiger partial charge in [0.1, 0.15) is 0 Å². The minimum Gasteiger partial charge on any atom is -0.286 e. The predicted octanol–water partition coefficient (Wildman–Crippen LogP) is 0.791. The lowest BCUT2D eigenvalue weighted by Gasteiger charge is -1.88. The monoisotopic (exact) mass is 119 g/mol. The van der Waals surface area contributed by atoms with Crippen molar-refractivity contribution in [1.29, 1.82) is 0 Å². The molecular weight excluding hydrogens is 110 g/mol. The third-order valence-electron chi connectivity index (χ3n) is 0.505. The molecule has 0 aromatic heterocycles. The first-order valence-corrected chi connectivity index (χ1v) is 2.99. The van der Waals surface area contributed by atoms with Gasteiger partial charge in [-0.2, -0.15) is 0 Å². The maximum absolute atomic E-state index is 10.3. The molecule has 0 atom stereocenters. The van der Waals surface area contributed by atoms with Crippen molar-refractivity contribution in [2.75, 3.05) is 7.05 Å². The van der Waals surface area contributed by atoms with Crippen LogP contribution >= 0.6 is 11.9 Å². The molecule has 0 amide bonds. The second-order valence-electron chi connectivity index (χ2n) is 1.03. The fraction of sp³-hybridized carbons (Fsp3) is 0.750. The van der Waals surface area contributed by atoms with Gasteiger partial charge in [-0.05, 0) is 19.0 Å². The molecule has 7 heavy (non-hydrogen) atoms. The highest BCUT2D eigenvalue weighted by molar-refractivity contribution is 8.11. The normalized spacial score (nSPS) is 8.86. The fourth-order valence-corrected chi connectivity index (χ4v) is 0.558. The van der Waals surface area contributed by atoms with Gasteiger partial charge in [0, 0.05) is 6.42 Å². The van der Waals surface area contributed by atoms with Gasteiger partial charge in [-0.3, -0.25) is 9.52 Å². The Hall–Kier alpha value is -0.0200. The highest BCUT2D eigenvalue weighted by Crippen LogP contribution is 1.95. The molecule has 0 spiro atoms. The Balaban J connectivity index is 3.00. The number of carbonyl (C=O) groups excluding carboxylic acids is 1. The van der Waals surface area contributed by atoms with Gasteiger partial charge in [-0.1, -0.05) is 6.92 Å². The van der Waals surface area contributed by atoms with E-state index < -0.39 is 0 Å². The number of hydrogen-bond acceptors (Lipinski definition) is 3. The van der Waals surface area contributed by atoms with Crippen LogP contribution in [0.4, 0.5) is 0 Å². The first-order chi connectivity index (χ1) is 3.31. The molecule has 0 fully saturated rings. The summed E-state index contributed by atoms with van der Waals surface area (Å²) in [6.07, 6.45) is 0.603. The predicted molar refractivity (Wildman–Crippen MR) is 31.9 cm³/mol. The summed E-state index contributed by atoms with van der Waals surface area (Å²) in [5.74, 6) is 0. The lowest BCUT2D eigenvalue weighted by atomic mass is 10.6. The quantitative estimate of drug-likeness (QED) is 0.545. The van der Waals surface area contributed by atoms with Crippen LogP contribution in [0.25, 0.3) is 0 Å². The highest BCUT2D eigenvalue weighted by atomic mass is 32.2. The summed E-state index contributed by atoms with van der Waals surface area (Å²) in [7, 11) is 1.73. The Kier molecular flexibility index (Phi) is 4.14. The van der Waals surface area contributed by atoms with Gasteiger partial charge in [-0.25, -0.2) is 0 Å². The van der Waals surface area contributed by atoms with E-state index in [2.05, 4.69) is 4.72 Å². The summed E-state index contributed by atoms with van der Waals surface area (Å²) in [6.45, 7) is 1.84. The van der Waals surface area contributed by atoms with Crippen molar-refractivity contribution in [2.24, 2.45) is 0 Å². The molecule has 3 heteroatoms. The molecule has 42 valence electrons. The average molecular weight is 119 g/mol. The van der Waals surface area contributed by atoms with E-state index in [1.165, 1.54) is 0 Å². The van der Waals surface area contributed by atoms with Gasteiger partial charge in [0.2, 0.25) is 5.12 Å². The lowest BCUT2D eigenvalue weighted by Crippen LogP contribution is -1.98. The Bertz CT molecular complexity index is 64.7. The van der Waals surface area contributed by atoms with Crippen molar-refractivity contribution < 1.29 is 4.79 Å². The summed E-state index contributed by atoms with van der Waals surface area (Å²) in [5, 5.41) is 0.183. The molecule has 1 N–H and O–H groups in total. The molecule has 0 heterocycles. The second kappa shape index (κ2) is 4.15. The van der Waals surface area contributed by atoms with Gasteiger partial charge in [0.15, 0.2) is 0 Å². The molecule has 0 rings (SSSR count). The van der Waals surface area contributed by atoms with Crippen LogP contribution in [0.1, 0.15) is 13.3 Å². The van der Waals surface area contributed by atoms with Crippen molar-refractivity contribution in [1.82, 2.24) is 4.72 Å². The molecule has 0 saturated heterocycles. The number of hydrogen-bond donors (Lipinski definition) is 1. The molecule has 0 aromatic rings. The van der Waals surface area contributed by atoms with Crippen LogP contribution in [0.3, 0.4) is 0 Å². The molecule has 0 aliphatic carbocycles. The first-order valence-electron chi connectivity index (χ1n) is 2.17. The standard InChI is InChI=1S/C4H9NOS/c1-3-4(6)7-5-2/h5H,3H2,1-2H3. The van der Waals surface area contributed by atoms with Crippen molar-refractivity contribution in [3.63, 3.8) is 0 Å². The summed E-state index contributed by atoms with van der Waals surface area (Å²) in [5.41, 5.74) is 0. The maximum atomic E-state index is 10.3. The first kappa shape index (κ1) is 6.98. The van der Waals surface area contributed by atoms with E-state index in [-0.39, 0.29) is 5.12 Å². The smallest absolute Gasteiger partial charge is 0.203 e. The van der Waals surface area contributed by atoms with Crippen molar-refractivity contribution in [2.45, 2.75) is 13.3 Å². The largest absolute Gasteiger partial charge is 0.286 e. The molecule has 0 aromatic carbocycles. The average Bonchev–Trinajstić information content (AvgIpc) is 1.68. The SMILES string of the molecule is CCC(=O)SNC. The minimum atomic E-state index is 0.183. The van der Waals surface area contributed by atoms with E-state index in [4.69, 9.17) is 0 Å². The van der Waals surface area contributed by atoms with E-state index in [9.17, 15) is 4.79 Å². The Morgan fingerprint density at radius 1 is 1.86 bits per heavy atom. The molecular formula is C4H9NOS. The zero-order valence-electron chi connectivity index (χ0n) is 4.52. The Morgan fingerprint density at radius 2 is 2.43 bits per heavy atom. The lowest BCUT2D eigenvalue weighted by molar-refractivity contribution is -0.110. The minimum absolute atomic E-state index is 0.183. The molecule has 0 radical (unpaired) electrons.